The van der Waals surface area contributed by atoms with E-state index in [1.54, 1.807) is 0 Å². The van der Waals surface area contributed by atoms with Crippen molar-refractivity contribution < 1.29 is 26.3 Å². The highest BCUT2D eigenvalue weighted by Crippen LogP contribution is 2.36. The van der Waals surface area contributed by atoms with Crippen LogP contribution in [0.25, 0.3) is 0 Å². The Kier molecular flexibility index (Phi) is 3.60. The van der Waals surface area contributed by atoms with Gasteiger partial charge >= 0.3 is 6.18 Å². The van der Waals surface area contributed by atoms with E-state index in [9.17, 15) is 26.3 Å². The molecule has 0 aliphatic carbocycles. The number of pyridine rings is 1. The molecule has 0 atom stereocenters. The van der Waals surface area contributed by atoms with E-state index in [1.165, 1.54) is 6.07 Å². The molecule has 8 heteroatoms. The molecular formula is C9H4F6N2. The van der Waals surface area contributed by atoms with Crippen molar-refractivity contribution in [2.45, 2.75) is 19.0 Å². The van der Waals surface area contributed by atoms with Gasteiger partial charge < -0.3 is 0 Å². The summed E-state index contributed by atoms with van der Waals surface area (Å²) in [5.41, 5.74) is -4.19. The smallest absolute Gasteiger partial charge is 0.252 e. The first kappa shape index (κ1) is 13.3. The molecule has 0 fully saturated rings. The fourth-order valence-corrected chi connectivity index (χ4v) is 1.22. The minimum Gasteiger partial charge on any atom is -0.252 e. The summed E-state index contributed by atoms with van der Waals surface area (Å²) >= 11 is 0. The average molecular weight is 254 g/mol. The van der Waals surface area contributed by atoms with E-state index in [0.29, 0.717) is 6.20 Å². The van der Waals surface area contributed by atoms with Gasteiger partial charge in [-0.15, -0.1) is 0 Å². The summed E-state index contributed by atoms with van der Waals surface area (Å²) < 4.78 is 75.0. The van der Waals surface area contributed by atoms with Gasteiger partial charge in [0.25, 0.3) is 6.43 Å². The summed E-state index contributed by atoms with van der Waals surface area (Å²) in [5, 5.41) is 8.26. The molecule has 0 unspecified atom stereocenters. The Morgan fingerprint density at radius 3 is 2.35 bits per heavy atom. The maximum absolute atomic E-state index is 13.2. The Balaban J connectivity index is 3.49. The third kappa shape index (κ3) is 2.67. The number of hydrogen-bond donors (Lipinski definition) is 0. The van der Waals surface area contributed by atoms with Crippen molar-refractivity contribution in [3.05, 3.63) is 28.8 Å². The third-order valence-corrected chi connectivity index (χ3v) is 1.88. The highest BCUT2D eigenvalue weighted by atomic mass is 19.4. The number of aromatic nitrogens is 1. The summed E-state index contributed by atoms with van der Waals surface area (Å²) in [5.74, 6) is -2.12. The second-order valence-corrected chi connectivity index (χ2v) is 2.99. The third-order valence-electron chi connectivity index (χ3n) is 1.88. The van der Waals surface area contributed by atoms with Crippen LogP contribution in [0.2, 0.25) is 0 Å². The zero-order valence-corrected chi connectivity index (χ0v) is 8.02. The van der Waals surface area contributed by atoms with Gasteiger partial charge in [0.2, 0.25) is 0 Å². The molecule has 1 aromatic rings. The van der Waals surface area contributed by atoms with Gasteiger partial charge in [-0.25, -0.2) is 13.2 Å². The SMILES string of the molecule is N#CCc1cnc(C(F)F)c(F)c1C(F)(F)F. The first-order valence-corrected chi connectivity index (χ1v) is 4.18. The van der Waals surface area contributed by atoms with Gasteiger partial charge in [0.15, 0.2) is 5.82 Å². The largest absolute Gasteiger partial charge is 0.419 e. The number of halogens is 6. The molecule has 0 radical (unpaired) electrons. The molecule has 0 aliphatic rings. The highest BCUT2D eigenvalue weighted by molar-refractivity contribution is 5.33. The van der Waals surface area contributed by atoms with E-state index in [0.717, 1.165) is 0 Å². The first-order chi connectivity index (χ1) is 7.79. The molecule has 17 heavy (non-hydrogen) atoms. The van der Waals surface area contributed by atoms with Crippen LogP contribution in [-0.4, -0.2) is 4.98 Å². The lowest BCUT2D eigenvalue weighted by Gasteiger charge is -2.13. The van der Waals surface area contributed by atoms with Crippen LogP contribution in [0.4, 0.5) is 26.3 Å². The molecule has 0 saturated heterocycles. The van der Waals surface area contributed by atoms with Crippen molar-refractivity contribution in [3.63, 3.8) is 0 Å². The highest BCUT2D eigenvalue weighted by Gasteiger charge is 2.39. The van der Waals surface area contributed by atoms with Gasteiger partial charge in [-0.3, -0.25) is 4.98 Å². The van der Waals surface area contributed by atoms with Crippen LogP contribution in [0, 0.1) is 17.1 Å². The van der Waals surface area contributed by atoms with E-state index < -0.39 is 41.7 Å². The van der Waals surface area contributed by atoms with Crippen LogP contribution < -0.4 is 0 Å². The minimum absolute atomic E-state index is 0.441. The Morgan fingerprint density at radius 2 is 1.94 bits per heavy atom. The van der Waals surface area contributed by atoms with Crippen LogP contribution in [0.15, 0.2) is 6.20 Å². The van der Waals surface area contributed by atoms with Gasteiger partial charge in [0, 0.05) is 6.20 Å². The predicted octanol–water partition coefficient (Wildman–Crippen LogP) is 3.24. The summed E-state index contributed by atoms with van der Waals surface area (Å²) in [6.07, 6.45) is -8.92. The maximum Gasteiger partial charge on any atom is 0.419 e. The Hall–Kier alpha value is -1.78. The Morgan fingerprint density at radius 1 is 1.35 bits per heavy atom. The summed E-state index contributed by atoms with van der Waals surface area (Å²) in [6.45, 7) is 0. The lowest BCUT2D eigenvalue weighted by molar-refractivity contribution is -0.140. The van der Waals surface area contributed by atoms with E-state index in [-0.39, 0.29) is 0 Å². The quantitative estimate of drug-likeness (QED) is 0.759. The lowest BCUT2D eigenvalue weighted by atomic mass is 10.1. The van der Waals surface area contributed by atoms with Gasteiger partial charge in [-0.05, 0) is 5.56 Å². The van der Waals surface area contributed by atoms with Gasteiger partial charge in [0.05, 0.1) is 18.1 Å². The van der Waals surface area contributed by atoms with Gasteiger partial charge in [-0.1, -0.05) is 0 Å². The fourth-order valence-electron chi connectivity index (χ4n) is 1.22. The molecule has 0 N–H and O–H groups in total. The number of nitrogens with zero attached hydrogens (tertiary/aromatic N) is 2. The molecule has 0 aliphatic heterocycles. The molecule has 2 nitrogen and oxygen atoms in total. The lowest BCUT2D eigenvalue weighted by Crippen LogP contribution is -2.15. The van der Waals surface area contributed by atoms with Crippen molar-refractivity contribution in [1.82, 2.24) is 4.98 Å². The fraction of sp³-hybridized carbons (Fsp3) is 0.333. The summed E-state index contributed by atoms with van der Waals surface area (Å²) in [4.78, 5) is 2.89. The topological polar surface area (TPSA) is 36.7 Å². The summed E-state index contributed by atoms with van der Waals surface area (Å²) in [7, 11) is 0. The molecule has 0 spiro atoms. The van der Waals surface area contributed by atoms with Crippen LogP contribution >= 0.6 is 0 Å². The molecular weight excluding hydrogens is 250 g/mol. The molecule has 1 rings (SSSR count). The van der Waals surface area contributed by atoms with Crippen LogP contribution in [-0.2, 0) is 12.6 Å². The van der Waals surface area contributed by atoms with Crippen molar-refractivity contribution >= 4 is 0 Å². The minimum atomic E-state index is -5.15. The molecule has 0 saturated carbocycles. The molecule has 0 bridgehead atoms. The zero-order valence-electron chi connectivity index (χ0n) is 8.02. The van der Waals surface area contributed by atoms with Crippen molar-refractivity contribution in [3.8, 4) is 6.07 Å². The van der Waals surface area contributed by atoms with E-state index in [2.05, 4.69) is 4.98 Å². The van der Waals surface area contributed by atoms with Crippen molar-refractivity contribution in [2.24, 2.45) is 0 Å². The van der Waals surface area contributed by atoms with E-state index >= 15 is 0 Å². The summed E-state index contributed by atoms with van der Waals surface area (Å²) in [6, 6.07) is 1.38. The second-order valence-electron chi connectivity index (χ2n) is 2.99. The normalized spacial score (nSPS) is 11.6. The van der Waals surface area contributed by atoms with Gasteiger partial charge in [0.1, 0.15) is 5.69 Å². The Labute approximate surface area is 91.5 Å². The van der Waals surface area contributed by atoms with Crippen LogP contribution in [0.5, 0.6) is 0 Å². The zero-order chi connectivity index (χ0) is 13.2. The van der Waals surface area contributed by atoms with Crippen LogP contribution in [0.1, 0.15) is 23.2 Å². The maximum atomic E-state index is 13.2. The van der Waals surface area contributed by atoms with Gasteiger partial charge in [-0.2, -0.15) is 18.4 Å². The van der Waals surface area contributed by atoms with E-state index in [1.807, 2.05) is 0 Å². The number of rotatable bonds is 2. The molecule has 0 aromatic carbocycles. The standard InChI is InChI=1S/C9H4F6N2/c10-6-5(9(13,14)15)4(1-2-16)3-17-7(6)8(11)12/h3,8H,1H2. The van der Waals surface area contributed by atoms with E-state index in [4.69, 9.17) is 5.26 Å². The molecule has 92 valence electrons. The van der Waals surface area contributed by atoms with Crippen molar-refractivity contribution in [2.75, 3.05) is 0 Å². The molecule has 1 heterocycles. The number of nitriles is 1. The van der Waals surface area contributed by atoms with Crippen molar-refractivity contribution in [1.29, 1.82) is 5.26 Å². The number of alkyl halides is 5. The monoisotopic (exact) mass is 254 g/mol. The second kappa shape index (κ2) is 4.61. The number of hydrogen-bond acceptors (Lipinski definition) is 2. The first-order valence-electron chi connectivity index (χ1n) is 4.18. The Bertz CT molecular complexity index is 460. The predicted molar refractivity (Wildman–Crippen MR) is 43.5 cm³/mol. The van der Waals surface area contributed by atoms with Crippen LogP contribution in [0.3, 0.4) is 0 Å². The molecule has 1 aromatic heterocycles. The average Bonchev–Trinajstić information content (AvgIpc) is 2.15. The molecule has 0 amide bonds.